The fourth-order valence-corrected chi connectivity index (χ4v) is 2.90. The number of hydrogen-bond donors (Lipinski definition) is 2. The van der Waals surface area contributed by atoms with E-state index in [1.54, 1.807) is 0 Å². The maximum absolute atomic E-state index is 13.4. The Morgan fingerprint density at radius 2 is 2.12 bits per heavy atom. The summed E-state index contributed by atoms with van der Waals surface area (Å²) in [5.41, 5.74) is -0.0129. The molecule has 3 nitrogen and oxygen atoms in total. The van der Waals surface area contributed by atoms with Crippen molar-refractivity contribution in [2.45, 2.75) is 18.9 Å². The van der Waals surface area contributed by atoms with E-state index in [1.807, 2.05) is 11.8 Å². The molecule has 17 heavy (non-hydrogen) atoms. The lowest BCUT2D eigenvalue weighted by atomic mass is 10.1. The Labute approximate surface area is 103 Å². The average molecular weight is 255 g/mol. The number of rotatable bonds is 2. The zero-order valence-corrected chi connectivity index (χ0v) is 10.1. The molecule has 92 valence electrons. The maximum Gasteiger partial charge on any atom is 0.254 e. The summed E-state index contributed by atoms with van der Waals surface area (Å²) in [6.45, 7) is 0. The van der Waals surface area contributed by atoms with E-state index in [-0.39, 0.29) is 17.4 Å². The molecule has 1 aliphatic heterocycles. The minimum atomic E-state index is -0.687. The highest BCUT2D eigenvalue weighted by Crippen LogP contribution is 2.19. The summed E-state index contributed by atoms with van der Waals surface area (Å²) in [6, 6.07) is 3.70. The number of phenolic OH excluding ortho intramolecular Hbond substituents is 1. The van der Waals surface area contributed by atoms with Crippen molar-refractivity contribution in [1.29, 1.82) is 0 Å². The number of hydrogen-bond acceptors (Lipinski definition) is 3. The first kappa shape index (κ1) is 12.2. The summed E-state index contributed by atoms with van der Waals surface area (Å²) in [7, 11) is 0. The minimum absolute atomic E-state index is 0.0129. The quantitative estimate of drug-likeness (QED) is 0.851. The van der Waals surface area contributed by atoms with Crippen LogP contribution < -0.4 is 5.32 Å². The van der Waals surface area contributed by atoms with E-state index in [0.29, 0.717) is 0 Å². The van der Waals surface area contributed by atoms with Crippen LogP contribution in [-0.2, 0) is 0 Å². The number of carbonyl (C=O) groups is 1. The molecule has 1 fully saturated rings. The fraction of sp³-hybridized carbons (Fsp3) is 0.417. The molecule has 1 aromatic carbocycles. The number of amides is 1. The fourth-order valence-electron chi connectivity index (χ4n) is 1.79. The third kappa shape index (κ3) is 3.12. The van der Waals surface area contributed by atoms with Crippen molar-refractivity contribution >= 4 is 17.7 Å². The summed E-state index contributed by atoms with van der Waals surface area (Å²) >= 11 is 1.87. The Bertz CT molecular complexity index is 419. The number of benzene rings is 1. The summed E-state index contributed by atoms with van der Waals surface area (Å²) < 4.78 is 13.4. The van der Waals surface area contributed by atoms with Crippen LogP contribution in [0, 0.1) is 5.82 Å². The van der Waals surface area contributed by atoms with Gasteiger partial charge >= 0.3 is 0 Å². The second-order valence-corrected chi connectivity index (χ2v) is 5.25. The number of aromatic hydroxyl groups is 1. The lowest BCUT2D eigenvalue weighted by Gasteiger charge is -2.22. The molecular formula is C12H14FNO2S. The molecule has 0 radical (unpaired) electrons. The van der Waals surface area contributed by atoms with E-state index in [9.17, 15) is 9.18 Å². The van der Waals surface area contributed by atoms with Gasteiger partial charge in [0.1, 0.15) is 11.6 Å². The first-order valence-electron chi connectivity index (χ1n) is 5.54. The first-order valence-corrected chi connectivity index (χ1v) is 6.69. The lowest BCUT2D eigenvalue weighted by Crippen LogP contribution is -2.37. The molecule has 0 spiro atoms. The highest BCUT2D eigenvalue weighted by atomic mass is 32.2. The molecule has 0 saturated carbocycles. The monoisotopic (exact) mass is 255 g/mol. The molecule has 0 unspecified atom stereocenters. The molecule has 5 heteroatoms. The highest BCUT2D eigenvalue weighted by molar-refractivity contribution is 7.99. The van der Waals surface area contributed by atoms with Gasteiger partial charge in [0.15, 0.2) is 0 Å². The van der Waals surface area contributed by atoms with E-state index in [1.165, 1.54) is 12.1 Å². The number of nitrogens with one attached hydrogen (secondary N) is 1. The van der Waals surface area contributed by atoms with Crippen molar-refractivity contribution in [2.24, 2.45) is 0 Å². The SMILES string of the molecule is O=C(NC1CCSCC1)c1ccc(O)cc1F. The Morgan fingerprint density at radius 3 is 2.76 bits per heavy atom. The number of thioether (sulfide) groups is 1. The topological polar surface area (TPSA) is 49.3 Å². The summed E-state index contributed by atoms with van der Waals surface area (Å²) in [5.74, 6) is 0.798. The second-order valence-electron chi connectivity index (χ2n) is 4.02. The van der Waals surface area contributed by atoms with E-state index in [2.05, 4.69) is 5.32 Å². The van der Waals surface area contributed by atoms with E-state index < -0.39 is 11.7 Å². The van der Waals surface area contributed by atoms with E-state index in [4.69, 9.17) is 5.11 Å². The number of carbonyl (C=O) groups excluding carboxylic acids is 1. The predicted molar refractivity (Wildman–Crippen MR) is 65.9 cm³/mol. The molecule has 1 saturated heterocycles. The van der Waals surface area contributed by atoms with Crippen molar-refractivity contribution in [3.8, 4) is 5.75 Å². The molecule has 2 N–H and O–H groups in total. The van der Waals surface area contributed by atoms with Crippen LogP contribution in [0.25, 0.3) is 0 Å². The normalized spacial score (nSPS) is 16.8. The zero-order chi connectivity index (χ0) is 12.3. The van der Waals surface area contributed by atoms with Crippen LogP contribution in [0.5, 0.6) is 5.75 Å². The summed E-state index contributed by atoms with van der Waals surface area (Å²) in [5, 5.41) is 11.9. The zero-order valence-electron chi connectivity index (χ0n) is 9.28. The Morgan fingerprint density at radius 1 is 1.41 bits per heavy atom. The predicted octanol–water partition coefficient (Wildman–Crippen LogP) is 2.16. The van der Waals surface area contributed by atoms with E-state index >= 15 is 0 Å². The number of halogens is 1. The molecule has 0 aliphatic carbocycles. The average Bonchev–Trinajstić information content (AvgIpc) is 2.30. The standard InChI is InChI=1S/C12H14FNO2S/c13-11-7-9(15)1-2-10(11)12(16)14-8-3-5-17-6-4-8/h1-2,7-8,15H,3-6H2,(H,14,16). The highest BCUT2D eigenvalue weighted by Gasteiger charge is 2.18. The Hall–Kier alpha value is -1.23. The third-order valence-electron chi connectivity index (χ3n) is 2.75. The largest absolute Gasteiger partial charge is 0.508 e. The van der Waals surface area contributed by atoms with Crippen molar-refractivity contribution < 1.29 is 14.3 Å². The van der Waals surface area contributed by atoms with Gasteiger partial charge in [0.2, 0.25) is 0 Å². The van der Waals surface area contributed by atoms with Gasteiger partial charge in [-0.15, -0.1) is 0 Å². The molecule has 1 aromatic rings. The molecule has 0 bridgehead atoms. The van der Waals surface area contributed by atoms with Crippen LogP contribution in [0.1, 0.15) is 23.2 Å². The first-order chi connectivity index (χ1) is 8.16. The third-order valence-corrected chi connectivity index (χ3v) is 3.80. The van der Waals surface area contributed by atoms with Crippen LogP contribution >= 0.6 is 11.8 Å². The Balaban J connectivity index is 2.03. The van der Waals surface area contributed by atoms with Gasteiger partial charge < -0.3 is 10.4 Å². The van der Waals surface area contributed by atoms with Crippen molar-refractivity contribution in [1.82, 2.24) is 5.32 Å². The van der Waals surface area contributed by atoms with Crippen molar-refractivity contribution in [3.63, 3.8) is 0 Å². The summed E-state index contributed by atoms with van der Waals surface area (Å²) in [4.78, 5) is 11.8. The molecule has 1 aliphatic rings. The van der Waals surface area contributed by atoms with Crippen LogP contribution in [0.3, 0.4) is 0 Å². The smallest absolute Gasteiger partial charge is 0.254 e. The van der Waals surface area contributed by atoms with Gasteiger partial charge in [-0.25, -0.2) is 4.39 Å². The van der Waals surface area contributed by atoms with Gasteiger partial charge in [0.25, 0.3) is 5.91 Å². The molecule has 1 heterocycles. The molecule has 1 amide bonds. The molecule has 0 atom stereocenters. The van der Waals surface area contributed by atoms with Gasteiger partial charge in [0.05, 0.1) is 5.56 Å². The van der Waals surface area contributed by atoms with Gasteiger partial charge in [-0.1, -0.05) is 0 Å². The second kappa shape index (κ2) is 5.40. The molecule has 0 aromatic heterocycles. The number of phenols is 1. The van der Waals surface area contributed by atoms with E-state index in [0.717, 1.165) is 30.4 Å². The van der Waals surface area contributed by atoms with Gasteiger partial charge in [0, 0.05) is 12.1 Å². The van der Waals surface area contributed by atoms with Gasteiger partial charge in [-0.2, -0.15) is 11.8 Å². The van der Waals surface area contributed by atoms with Crippen LogP contribution in [0.2, 0.25) is 0 Å². The molecular weight excluding hydrogens is 241 g/mol. The molecule has 2 rings (SSSR count). The lowest BCUT2D eigenvalue weighted by molar-refractivity contribution is 0.0931. The van der Waals surface area contributed by atoms with Crippen LogP contribution in [0.15, 0.2) is 18.2 Å². The maximum atomic E-state index is 13.4. The van der Waals surface area contributed by atoms with Crippen LogP contribution in [0.4, 0.5) is 4.39 Å². The van der Waals surface area contributed by atoms with Crippen molar-refractivity contribution in [3.05, 3.63) is 29.6 Å². The summed E-state index contributed by atoms with van der Waals surface area (Å²) in [6.07, 6.45) is 1.85. The van der Waals surface area contributed by atoms with Gasteiger partial charge in [-0.3, -0.25) is 4.79 Å². The minimum Gasteiger partial charge on any atom is -0.508 e. The Kier molecular flexibility index (Phi) is 3.89. The van der Waals surface area contributed by atoms with Crippen LogP contribution in [-0.4, -0.2) is 28.6 Å². The van der Waals surface area contributed by atoms with Crippen molar-refractivity contribution in [2.75, 3.05) is 11.5 Å². The van der Waals surface area contributed by atoms with Gasteiger partial charge in [-0.05, 0) is 36.5 Å².